The van der Waals surface area contributed by atoms with Crippen LogP contribution in [0.4, 0.5) is 4.79 Å². The van der Waals surface area contributed by atoms with Gasteiger partial charge < -0.3 is 15.2 Å². The fourth-order valence-electron chi connectivity index (χ4n) is 0.865. The van der Waals surface area contributed by atoms with Crippen LogP contribution in [0.5, 0.6) is 0 Å². The molecule has 0 aromatic rings. The lowest BCUT2D eigenvalue weighted by atomic mass is 10.2. The van der Waals surface area contributed by atoms with Crippen LogP contribution in [0, 0.1) is 0 Å². The molecular formula is C9H15NO4. The van der Waals surface area contributed by atoms with Gasteiger partial charge in [-0.25, -0.2) is 9.59 Å². The molecule has 0 fully saturated rings. The summed E-state index contributed by atoms with van der Waals surface area (Å²) in [5.41, 5.74) is 0. The summed E-state index contributed by atoms with van der Waals surface area (Å²) in [6.07, 6.45) is 1.75. The van der Waals surface area contributed by atoms with Gasteiger partial charge in [0, 0.05) is 0 Å². The molecule has 1 amide bonds. The smallest absolute Gasteiger partial charge is 0.408 e. The number of nitrogens with one attached hydrogen (secondary N) is 1. The Balaban J connectivity index is 3.95. The van der Waals surface area contributed by atoms with Crippen LogP contribution in [0.15, 0.2) is 12.7 Å². The average molecular weight is 201 g/mol. The van der Waals surface area contributed by atoms with Crippen LogP contribution in [0.3, 0.4) is 0 Å². The van der Waals surface area contributed by atoms with Crippen LogP contribution < -0.4 is 5.32 Å². The minimum absolute atomic E-state index is 0.0737. The van der Waals surface area contributed by atoms with E-state index >= 15 is 0 Å². The number of carbonyl (C=O) groups excluding carboxylic acids is 1. The Bertz CT molecular complexity index is 215. The van der Waals surface area contributed by atoms with E-state index in [0.29, 0.717) is 12.8 Å². The highest BCUT2D eigenvalue weighted by atomic mass is 16.5. The van der Waals surface area contributed by atoms with E-state index in [2.05, 4.69) is 16.6 Å². The average Bonchev–Trinajstić information content (AvgIpc) is 2.14. The molecule has 80 valence electrons. The first kappa shape index (κ1) is 12.5. The molecule has 5 nitrogen and oxygen atoms in total. The number of carbonyl (C=O) groups is 2. The molecule has 14 heavy (non-hydrogen) atoms. The van der Waals surface area contributed by atoms with Crippen molar-refractivity contribution in [2.45, 2.75) is 25.8 Å². The van der Waals surface area contributed by atoms with Crippen LogP contribution in [-0.2, 0) is 9.53 Å². The minimum Gasteiger partial charge on any atom is -0.480 e. The van der Waals surface area contributed by atoms with Crippen molar-refractivity contribution in [3.63, 3.8) is 0 Å². The molecule has 0 heterocycles. The molecule has 0 saturated carbocycles. The molecule has 1 atom stereocenters. The van der Waals surface area contributed by atoms with Crippen LogP contribution in [0.1, 0.15) is 19.8 Å². The Morgan fingerprint density at radius 1 is 1.64 bits per heavy atom. The van der Waals surface area contributed by atoms with Crippen molar-refractivity contribution in [3.05, 3.63) is 12.7 Å². The van der Waals surface area contributed by atoms with Gasteiger partial charge >= 0.3 is 12.1 Å². The van der Waals surface area contributed by atoms with Crippen molar-refractivity contribution in [1.82, 2.24) is 5.32 Å². The van der Waals surface area contributed by atoms with E-state index in [1.54, 1.807) is 0 Å². The van der Waals surface area contributed by atoms with Gasteiger partial charge in [0.25, 0.3) is 0 Å². The van der Waals surface area contributed by atoms with Crippen LogP contribution >= 0.6 is 0 Å². The van der Waals surface area contributed by atoms with Crippen LogP contribution in [0.2, 0.25) is 0 Å². The SMILES string of the molecule is C=CCOC(=O)NC(CCC)C(=O)O. The summed E-state index contributed by atoms with van der Waals surface area (Å²) in [5.74, 6) is -1.05. The third kappa shape index (κ3) is 5.18. The number of carboxylic acid groups (broad SMARTS) is 1. The molecule has 0 saturated heterocycles. The Morgan fingerprint density at radius 2 is 2.29 bits per heavy atom. The molecule has 2 N–H and O–H groups in total. The summed E-state index contributed by atoms with van der Waals surface area (Å²) >= 11 is 0. The molecule has 0 aromatic carbocycles. The largest absolute Gasteiger partial charge is 0.480 e. The fourth-order valence-corrected chi connectivity index (χ4v) is 0.865. The molecule has 0 radical (unpaired) electrons. The van der Waals surface area contributed by atoms with Crippen molar-refractivity contribution < 1.29 is 19.4 Å². The lowest BCUT2D eigenvalue weighted by Gasteiger charge is -2.12. The summed E-state index contributed by atoms with van der Waals surface area (Å²) in [7, 11) is 0. The summed E-state index contributed by atoms with van der Waals surface area (Å²) in [6, 6.07) is -0.877. The van der Waals surface area contributed by atoms with Crippen molar-refractivity contribution in [1.29, 1.82) is 0 Å². The normalized spacial score (nSPS) is 11.5. The van der Waals surface area contributed by atoms with Crippen molar-refractivity contribution in [2.24, 2.45) is 0 Å². The molecule has 1 unspecified atom stereocenters. The van der Waals surface area contributed by atoms with E-state index in [-0.39, 0.29) is 6.61 Å². The van der Waals surface area contributed by atoms with Gasteiger partial charge in [0.2, 0.25) is 0 Å². The summed E-state index contributed by atoms with van der Waals surface area (Å²) in [4.78, 5) is 21.6. The molecule has 0 bridgehead atoms. The zero-order valence-corrected chi connectivity index (χ0v) is 8.16. The zero-order valence-electron chi connectivity index (χ0n) is 8.16. The predicted molar refractivity (Wildman–Crippen MR) is 51.0 cm³/mol. The van der Waals surface area contributed by atoms with Gasteiger partial charge in [-0.05, 0) is 6.42 Å². The maximum absolute atomic E-state index is 10.9. The summed E-state index contributed by atoms with van der Waals surface area (Å²) in [5, 5.41) is 10.9. The van der Waals surface area contributed by atoms with E-state index in [9.17, 15) is 9.59 Å². The Morgan fingerprint density at radius 3 is 2.71 bits per heavy atom. The number of alkyl carbamates (subject to hydrolysis) is 1. The van der Waals surface area contributed by atoms with Gasteiger partial charge in [-0.1, -0.05) is 26.0 Å². The highest BCUT2D eigenvalue weighted by Gasteiger charge is 2.18. The topological polar surface area (TPSA) is 75.6 Å². The first-order chi connectivity index (χ1) is 6.61. The second kappa shape index (κ2) is 6.94. The quantitative estimate of drug-likeness (QED) is 0.632. The number of carboxylic acids is 1. The molecular weight excluding hydrogens is 186 g/mol. The first-order valence-corrected chi connectivity index (χ1v) is 4.38. The predicted octanol–water partition coefficient (Wildman–Crippen LogP) is 1.15. The van der Waals surface area contributed by atoms with E-state index in [4.69, 9.17) is 5.11 Å². The number of rotatable bonds is 6. The van der Waals surface area contributed by atoms with E-state index in [1.165, 1.54) is 6.08 Å². The first-order valence-electron chi connectivity index (χ1n) is 4.38. The maximum Gasteiger partial charge on any atom is 0.408 e. The molecule has 0 aliphatic rings. The van der Waals surface area contributed by atoms with E-state index in [0.717, 1.165) is 0 Å². The van der Waals surface area contributed by atoms with E-state index < -0.39 is 18.1 Å². The third-order valence-electron chi connectivity index (χ3n) is 1.50. The van der Waals surface area contributed by atoms with Crippen molar-refractivity contribution in [3.8, 4) is 0 Å². The molecule has 0 aromatic heterocycles. The highest BCUT2D eigenvalue weighted by Crippen LogP contribution is 1.97. The lowest BCUT2D eigenvalue weighted by Crippen LogP contribution is -2.40. The Hall–Kier alpha value is -1.52. The van der Waals surface area contributed by atoms with Crippen LogP contribution in [0.25, 0.3) is 0 Å². The van der Waals surface area contributed by atoms with Gasteiger partial charge in [0.1, 0.15) is 12.6 Å². The van der Waals surface area contributed by atoms with Gasteiger partial charge in [-0.3, -0.25) is 0 Å². The second-order valence-corrected chi connectivity index (χ2v) is 2.71. The third-order valence-corrected chi connectivity index (χ3v) is 1.50. The highest BCUT2D eigenvalue weighted by molar-refractivity contribution is 5.79. The van der Waals surface area contributed by atoms with Gasteiger partial charge in [-0.2, -0.15) is 0 Å². The minimum atomic E-state index is -1.05. The number of amides is 1. The number of hydrogen-bond acceptors (Lipinski definition) is 3. The molecule has 0 spiro atoms. The second-order valence-electron chi connectivity index (χ2n) is 2.71. The van der Waals surface area contributed by atoms with Crippen molar-refractivity contribution in [2.75, 3.05) is 6.61 Å². The summed E-state index contributed by atoms with van der Waals surface area (Å²) in [6.45, 7) is 5.28. The monoisotopic (exact) mass is 201 g/mol. The maximum atomic E-state index is 10.9. The van der Waals surface area contributed by atoms with E-state index in [1.807, 2.05) is 6.92 Å². The van der Waals surface area contributed by atoms with Gasteiger partial charge in [0.15, 0.2) is 0 Å². The molecule has 0 aliphatic heterocycles. The van der Waals surface area contributed by atoms with Crippen molar-refractivity contribution >= 4 is 12.1 Å². The number of hydrogen-bond donors (Lipinski definition) is 2. The molecule has 0 rings (SSSR count). The fraction of sp³-hybridized carbons (Fsp3) is 0.556. The van der Waals surface area contributed by atoms with Gasteiger partial charge in [0.05, 0.1) is 0 Å². The Kier molecular flexibility index (Phi) is 6.19. The molecule has 0 aliphatic carbocycles. The standard InChI is InChI=1S/C9H15NO4/c1-3-5-7(8(11)12)10-9(13)14-6-4-2/h4,7H,2-3,5-6H2,1H3,(H,10,13)(H,11,12). The Labute approximate surface area is 82.7 Å². The van der Waals surface area contributed by atoms with Gasteiger partial charge in [-0.15, -0.1) is 0 Å². The summed E-state index contributed by atoms with van der Waals surface area (Å²) < 4.78 is 4.59. The number of ether oxygens (including phenoxy) is 1. The number of aliphatic carboxylic acids is 1. The lowest BCUT2D eigenvalue weighted by molar-refractivity contribution is -0.139. The molecule has 5 heteroatoms. The zero-order chi connectivity index (χ0) is 11.0. The van der Waals surface area contributed by atoms with Crippen LogP contribution in [-0.4, -0.2) is 29.8 Å².